The van der Waals surface area contributed by atoms with E-state index in [4.69, 9.17) is 0 Å². The van der Waals surface area contributed by atoms with Crippen molar-refractivity contribution < 1.29 is 14.3 Å². The smallest absolute Gasteiger partial charge is 0.310 e. The van der Waals surface area contributed by atoms with Crippen LogP contribution >= 0.6 is 0 Å². The second-order valence-electron chi connectivity index (χ2n) is 4.16. The molecule has 1 aliphatic heterocycles. The summed E-state index contributed by atoms with van der Waals surface area (Å²) >= 11 is 0. The summed E-state index contributed by atoms with van der Waals surface area (Å²) in [6.45, 7) is 1.02. The molecule has 0 bridgehead atoms. The Balaban J connectivity index is 2.01. The van der Waals surface area contributed by atoms with Gasteiger partial charge in [0.25, 0.3) is 5.91 Å². The Morgan fingerprint density at radius 2 is 2.29 bits per heavy atom. The van der Waals surface area contributed by atoms with E-state index in [1.807, 2.05) is 0 Å². The van der Waals surface area contributed by atoms with Gasteiger partial charge in [-0.25, -0.2) is 0 Å². The lowest BCUT2D eigenvalue weighted by Gasteiger charge is -2.14. The zero-order valence-electron chi connectivity index (χ0n) is 9.92. The molecule has 2 rings (SSSR count). The molecule has 0 aromatic carbocycles. The number of nitrogens with zero attached hydrogens (tertiary/aromatic N) is 3. The maximum absolute atomic E-state index is 12.0. The molecule has 0 aliphatic carbocycles. The minimum atomic E-state index is -0.244. The number of hydrogen-bond donors (Lipinski definition) is 0. The van der Waals surface area contributed by atoms with Gasteiger partial charge < -0.3 is 9.64 Å². The number of esters is 1. The van der Waals surface area contributed by atoms with Crippen LogP contribution in [0.2, 0.25) is 0 Å². The van der Waals surface area contributed by atoms with Crippen molar-refractivity contribution in [3.05, 3.63) is 18.0 Å². The van der Waals surface area contributed by atoms with Crippen molar-refractivity contribution in [2.24, 2.45) is 13.0 Å². The van der Waals surface area contributed by atoms with E-state index in [0.717, 1.165) is 0 Å². The molecule has 1 aliphatic rings. The summed E-state index contributed by atoms with van der Waals surface area (Å²) < 4.78 is 6.26. The molecule has 1 saturated heterocycles. The second kappa shape index (κ2) is 4.57. The van der Waals surface area contributed by atoms with Gasteiger partial charge in [-0.15, -0.1) is 0 Å². The number of likely N-dealkylation sites (tertiary alicyclic amines) is 1. The average Bonchev–Trinajstić information content (AvgIpc) is 2.95. The van der Waals surface area contributed by atoms with Gasteiger partial charge in [0.1, 0.15) is 0 Å². The highest BCUT2D eigenvalue weighted by Gasteiger charge is 2.32. The number of aryl methyl sites for hydroxylation is 1. The number of aromatic nitrogens is 2. The van der Waals surface area contributed by atoms with Gasteiger partial charge >= 0.3 is 5.97 Å². The first-order chi connectivity index (χ1) is 8.11. The van der Waals surface area contributed by atoms with Gasteiger partial charge in [0, 0.05) is 26.3 Å². The first-order valence-electron chi connectivity index (χ1n) is 5.47. The van der Waals surface area contributed by atoms with Crippen molar-refractivity contribution in [1.29, 1.82) is 0 Å². The van der Waals surface area contributed by atoms with Crippen molar-refractivity contribution >= 4 is 11.9 Å². The molecule has 0 spiro atoms. The lowest BCUT2D eigenvalue weighted by molar-refractivity contribution is -0.144. The molecule has 0 saturated carbocycles. The maximum Gasteiger partial charge on any atom is 0.310 e. The summed E-state index contributed by atoms with van der Waals surface area (Å²) in [6, 6.07) is 0. The van der Waals surface area contributed by atoms with Crippen LogP contribution < -0.4 is 0 Å². The van der Waals surface area contributed by atoms with Crippen LogP contribution in [0.1, 0.15) is 16.8 Å². The monoisotopic (exact) mass is 237 g/mol. The van der Waals surface area contributed by atoms with Gasteiger partial charge in [-0.3, -0.25) is 14.3 Å². The summed E-state index contributed by atoms with van der Waals surface area (Å²) in [5.74, 6) is -0.517. The van der Waals surface area contributed by atoms with Gasteiger partial charge in [-0.1, -0.05) is 0 Å². The molecule has 1 atom stereocenters. The molecule has 1 aromatic rings. The fourth-order valence-electron chi connectivity index (χ4n) is 2.02. The SMILES string of the molecule is COC(=O)C1CCN(C(=O)c2cnn(C)c2)C1. The van der Waals surface area contributed by atoms with Crippen molar-refractivity contribution in [2.45, 2.75) is 6.42 Å². The summed E-state index contributed by atoms with van der Waals surface area (Å²) in [4.78, 5) is 25.0. The highest BCUT2D eigenvalue weighted by atomic mass is 16.5. The molecule has 1 fully saturated rings. The van der Waals surface area contributed by atoms with Crippen LogP contribution in [-0.4, -0.2) is 46.8 Å². The molecule has 1 aromatic heterocycles. The molecular formula is C11H15N3O3. The van der Waals surface area contributed by atoms with Crippen LogP contribution in [0.15, 0.2) is 12.4 Å². The third-order valence-electron chi connectivity index (χ3n) is 2.96. The number of ether oxygens (including phenoxy) is 1. The highest BCUT2D eigenvalue weighted by Crippen LogP contribution is 2.19. The number of carbonyl (C=O) groups excluding carboxylic acids is 2. The van der Waals surface area contributed by atoms with Crippen LogP contribution in [0.5, 0.6) is 0 Å². The van der Waals surface area contributed by atoms with Gasteiger partial charge in [0.05, 0.1) is 24.8 Å². The summed E-state index contributed by atoms with van der Waals surface area (Å²) in [7, 11) is 3.13. The summed E-state index contributed by atoms with van der Waals surface area (Å²) in [5.41, 5.74) is 0.554. The molecule has 1 amide bonds. The van der Waals surface area contributed by atoms with E-state index in [0.29, 0.717) is 25.1 Å². The Morgan fingerprint density at radius 1 is 1.53 bits per heavy atom. The fourth-order valence-corrected chi connectivity index (χ4v) is 2.02. The highest BCUT2D eigenvalue weighted by molar-refractivity contribution is 5.94. The number of methoxy groups -OCH3 is 1. The Bertz CT molecular complexity index is 441. The Kier molecular flexibility index (Phi) is 3.12. The van der Waals surface area contributed by atoms with Crippen LogP contribution in [0.25, 0.3) is 0 Å². The van der Waals surface area contributed by atoms with E-state index in [9.17, 15) is 9.59 Å². The van der Waals surface area contributed by atoms with Crippen LogP contribution in [-0.2, 0) is 16.6 Å². The molecule has 0 N–H and O–H groups in total. The van der Waals surface area contributed by atoms with Crippen LogP contribution in [0.3, 0.4) is 0 Å². The van der Waals surface area contributed by atoms with Crippen molar-refractivity contribution in [1.82, 2.24) is 14.7 Å². The zero-order chi connectivity index (χ0) is 12.4. The van der Waals surface area contributed by atoms with E-state index < -0.39 is 0 Å². The number of carbonyl (C=O) groups is 2. The molecule has 92 valence electrons. The third-order valence-corrected chi connectivity index (χ3v) is 2.96. The van der Waals surface area contributed by atoms with Gasteiger partial charge in [0.2, 0.25) is 0 Å². The molecule has 6 nitrogen and oxygen atoms in total. The van der Waals surface area contributed by atoms with E-state index >= 15 is 0 Å². The molecule has 2 heterocycles. The van der Waals surface area contributed by atoms with Crippen molar-refractivity contribution in [2.75, 3.05) is 20.2 Å². The van der Waals surface area contributed by atoms with Crippen LogP contribution in [0.4, 0.5) is 0 Å². The first-order valence-corrected chi connectivity index (χ1v) is 5.47. The van der Waals surface area contributed by atoms with E-state index in [-0.39, 0.29) is 17.8 Å². The largest absolute Gasteiger partial charge is 0.469 e. The number of amides is 1. The minimum absolute atomic E-state index is 0.0792. The Labute approximate surface area is 99.1 Å². The molecule has 1 unspecified atom stereocenters. The predicted molar refractivity (Wildman–Crippen MR) is 59.2 cm³/mol. The second-order valence-corrected chi connectivity index (χ2v) is 4.16. The Hall–Kier alpha value is -1.85. The van der Waals surface area contributed by atoms with E-state index in [2.05, 4.69) is 9.84 Å². The van der Waals surface area contributed by atoms with Crippen molar-refractivity contribution in [3.8, 4) is 0 Å². The van der Waals surface area contributed by atoms with Crippen LogP contribution in [0, 0.1) is 5.92 Å². The third kappa shape index (κ3) is 2.30. The van der Waals surface area contributed by atoms with Gasteiger partial charge in [-0.05, 0) is 6.42 Å². The fraction of sp³-hybridized carbons (Fsp3) is 0.545. The zero-order valence-corrected chi connectivity index (χ0v) is 9.92. The maximum atomic E-state index is 12.0. The molecule has 0 radical (unpaired) electrons. The standard InChI is InChI=1S/C11H15N3O3/c1-13-6-9(5-12-13)10(15)14-4-3-8(7-14)11(16)17-2/h5-6,8H,3-4,7H2,1-2H3. The lowest BCUT2D eigenvalue weighted by atomic mass is 10.1. The quantitative estimate of drug-likeness (QED) is 0.682. The number of hydrogen-bond acceptors (Lipinski definition) is 4. The topological polar surface area (TPSA) is 64.4 Å². The summed E-state index contributed by atoms with van der Waals surface area (Å²) in [5, 5.41) is 3.96. The van der Waals surface area contributed by atoms with E-state index in [1.54, 1.807) is 22.8 Å². The predicted octanol–water partition coefficient (Wildman–Crippen LogP) is 0.0552. The molecule has 6 heteroatoms. The Morgan fingerprint density at radius 3 is 2.88 bits per heavy atom. The minimum Gasteiger partial charge on any atom is -0.469 e. The van der Waals surface area contributed by atoms with Gasteiger partial charge in [0.15, 0.2) is 0 Å². The van der Waals surface area contributed by atoms with E-state index in [1.165, 1.54) is 13.3 Å². The lowest BCUT2D eigenvalue weighted by Crippen LogP contribution is -2.30. The average molecular weight is 237 g/mol. The normalized spacial score (nSPS) is 19.4. The molecule has 17 heavy (non-hydrogen) atoms. The summed E-state index contributed by atoms with van der Waals surface area (Å²) in [6.07, 6.45) is 3.88. The molecular weight excluding hydrogens is 222 g/mol. The van der Waals surface area contributed by atoms with Gasteiger partial charge in [-0.2, -0.15) is 5.10 Å². The van der Waals surface area contributed by atoms with Crippen molar-refractivity contribution in [3.63, 3.8) is 0 Å². The first kappa shape index (κ1) is 11.6. The number of rotatable bonds is 2.